The van der Waals surface area contributed by atoms with Gasteiger partial charge < -0.3 is 0 Å². The predicted molar refractivity (Wildman–Crippen MR) is 116 cm³/mol. The number of benzene rings is 3. The molecule has 3 aromatic rings. The molecule has 3 aromatic carbocycles. The summed E-state index contributed by atoms with van der Waals surface area (Å²) in [6.45, 7) is 0. The Hall–Kier alpha value is -1.33. The van der Waals surface area contributed by atoms with Crippen LogP contribution >= 0.6 is 37.9 Å². The Morgan fingerprint density at radius 1 is 0.440 bits per heavy atom. The van der Waals surface area contributed by atoms with E-state index in [4.69, 9.17) is 37.9 Å². The Bertz CT molecular complexity index is 657. The summed E-state index contributed by atoms with van der Waals surface area (Å²) < 4.78 is 0. The summed E-state index contributed by atoms with van der Waals surface area (Å²) in [5.41, 5.74) is 3.36. The molecule has 0 saturated heterocycles. The van der Waals surface area contributed by atoms with Crippen molar-refractivity contribution < 1.29 is 0 Å². The minimum absolute atomic E-state index is 0.133. The van der Waals surface area contributed by atoms with E-state index in [1.165, 1.54) is 0 Å². The van der Waals surface area contributed by atoms with Crippen molar-refractivity contribution in [2.45, 2.75) is 16.1 Å². The molecule has 0 heterocycles. The van der Waals surface area contributed by atoms with Crippen molar-refractivity contribution in [3.05, 3.63) is 108 Å². The molecule has 0 radical (unpaired) electrons. The van der Waals surface area contributed by atoms with Crippen LogP contribution < -0.4 is 0 Å². The zero-order valence-corrected chi connectivity index (χ0v) is 16.4. The summed E-state index contributed by atoms with van der Waals surface area (Å²) in [6, 6.07) is 30.7. The van der Waals surface area contributed by atoms with Crippen LogP contribution in [0.1, 0.15) is 32.8 Å². The molecule has 3 rings (SSSR count). The number of hydrogen-bond acceptors (Lipinski definition) is 4. The fourth-order valence-electron chi connectivity index (χ4n) is 2.79. The molecule has 0 fully saturated rings. The molecule has 0 N–H and O–H groups in total. The maximum absolute atomic E-state index is 4.92. The molecule has 0 aliphatic carbocycles. The van der Waals surface area contributed by atoms with E-state index < -0.39 is 0 Å². The van der Waals surface area contributed by atoms with Crippen LogP contribution in [0.4, 0.5) is 0 Å². The van der Waals surface area contributed by atoms with Gasteiger partial charge in [0, 0.05) is 0 Å². The Morgan fingerprint density at radius 2 is 0.680 bits per heavy atom. The zero-order valence-electron chi connectivity index (χ0n) is 13.7. The first kappa shape index (κ1) is 18.5. The van der Waals surface area contributed by atoms with Crippen molar-refractivity contribution in [3.63, 3.8) is 0 Å². The second-order valence-corrected chi connectivity index (χ2v) is 7.27. The van der Waals surface area contributed by atoms with E-state index in [0.29, 0.717) is 0 Å². The maximum atomic E-state index is 4.92. The number of thiol groups is 3. The molecule has 3 atom stereocenters. The van der Waals surface area contributed by atoms with Gasteiger partial charge >= 0.3 is 0 Å². The van der Waals surface area contributed by atoms with Gasteiger partial charge in [-0.1, -0.05) is 91.0 Å². The minimum Gasteiger partial charge on any atom is -0.256 e. The third kappa shape index (κ3) is 4.45. The molecule has 0 amide bonds. The third-order valence-electron chi connectivity index (χ3n) is 4.14. The molecule has 0 aromatic heterocycles. The zero-order chi connectivity index (χ0) is 17.6. The molecule has 25 heavy (non-hydrogen) atoms. The van der Waals surface area contributed by atoms with Crippen LogP contribution in [0.15, 0.2) is 91.0 Å². The molecule has 3 unspecified atom stereocenters. The first-order valence-electron chi connectivity index (χ1n) is 8.15. The smallest absolute Gasteiger partial charge is 0.0808 e. The molecule has 128 valence electrons. The Balaban J connectivity index is 1.99. The molecular formula is C21H21NS3. The van der Waals surface area contributed by atoms with Crippen molar-refractivity contribution in [2.24, 2.45) is 0 Å². The summed E-state index contributed by atoms with van der Waals surface area (Å²) in [5, 5.41) is -0.398. The van der Waals surface area contributed by atoms with Crippen molar-refractivity contribution >= 4 is 37.9 Å². The summed E-state index contributed by atoms with van der Waals surface area (Å²) in [5.74, 6) is 0. The molecule has 0 bridgehead atoms. The van der Waals surface area contributed by atoms with Gasteiger partial charge in [0.1, 0.15) is 0 Å². The van der Waals surface area contributed by atoms with Gasteiger partial charge in [-0.15, -0.1) is 0 Å². The lowest BCUT2D eigenvalue weighted by molar-refractivity contribution is 0.230. The summed E-state index contributed by atoms with van der Waals surface area (Å²) in [4.78, 5) is 2.20. The standard InChI is InChI=1S/C21H21NS3/c23-19(16-10-4-1-5-11-16)22(20(24)17-12-6-2-7-13-17)21(25)18-14-8-3-9-15-18/h1-15,19-21,23-25H. The van der Waals surface area contributed by atoms with Crippen molar-refractivity contribution in [1.29, 1.82) is 0 Å². The highest BCUT2D eigenvalue weighted by molar-refractivity contribution is 7.82. The highest BCUT2D eigenvalue weighted by Gasteiger charge is 2.30. The van der Waals surface area contributed by atoms with Gasteiger partial charge in [0.05, 0.1) is 16.1 Å². The lowest BCUT2D eigenvalue weighted by Gasteiger charge is -2.38. The molecular weight excluding hydrogens is 362 g/mol. The molecule has 1 nitrogen and oxygen atoms in total. The lowest BCUT2D eigenvalue weighted by Crippen LogP contribution is -2.29. The van der Waals surface area contributed by atoms with E-state index in [1.807, 2.05) is 54.6 Å². The van der Waals surface area contributed by atoms with Crippen LogP contribution in [-0.2, 0) is 0 Å². The fourth-order valence-corrected chi connectivity index (χ4v) is 4.43. The van der Waals surface area contributed by atoms with Crippen molar-refractivity contribution in [2.75, 3.05) is 0 Å². The van der Waals surface area contributed by atoms with Gasteiger partial charge in [-0.3, -0.25) is 4.90 Å². The van der Waals surface area contributed by atoms with Gasteiger partial charge in [-0.25, -0.2) is 0 Å². The van der Waals surface area contributed by atoms with E-state index in [0.717, 1.165) is 16.7 Å². The molecule has 0 aliphatic rings. The van der Waals surface area contributed by atoms with Crippen LogP contribution in [0.2, 0.25) is 0 Å². The first-order chi connectivity index (χ1) is 12.2. The highest BCUT2D eigenvalue weighted by atomic mass is 32.1. The maximum Gasteiger partial charge on any atom is 0.0808 e. The average molecular weight is 384 g/mol. The van der Waals surface area contributed by atoms with Gasteiger partial charge in [0.15, 0.2) is 0 Å². The van der Waals surface area contributed by atoms with Crippen molar-refractivity contribution in [3.8, 4) is 0 Å². The normalized spacial score (nSPS) is 14.9. The van der Waals surface area contributed by atoms with Gasteiger partial charge in [0.2, 0.25) is 0 Å². The highest BCUT2D eigenvalue weighted by Crippen LogP contribution is 2.43. The summed E-state index contributed by atoms with van der Waals surface area (Å²) >= 11 is 14.8. The van der Waals surface area contributed by atoms with Crippen LogP contribution in [0.3, 0.4) is 0 Å². The largest absolute Gasteiger partial charge is 0.256 e. The average Bonchev–Trinajstić information content (AvgIpc) is 2.70. The number of rotatable bonds is 6. The summed E-state index contributed by atoms with van der Waals surface area (Å²) in [6.07, 6.45) is 0. The van der Waals surface area contributed by atoms with Crippen LogP contribution in [0.25, 0.3) is 0 Å². The second kappa shape index (κ2) is 8.86. The minimum atomic E-state index is -0.133. The topological polar surface area (TPSA) is 3.24 Å². The predicted octanol–water partition coefficient (Wildman–Crippen LogP) is 6.17. The van der Waals surface area contributed by atoms with Gasteiger partial charge in [-0.2, -0.15) is 37.9 Å². The quantitative estimate of drug-likeness (QED) is 0.339. The fraction of sp³-hybridized carbons (Fsp3) is 0.143. The van der Waals surface area contributed by atoms with Crippen molar-refractivity contribution in [1.82, 2.24) is 4.90 Å². The molecule has 0 saturated carbocycles. The first-order valence-corrected chi connectivity index (χ1v) is 9.70. The monoisotopic (exact) mass is 383 g/mol. The van der Waals surface area contributed by atoms with E-state index in [9.17, 15) is 0 Å². The number of hydrogen-bond donors (Lipinski definition) is 3. The van der Waals surface area contributed by atoms with Gasteiger partial charge in [0.25, 0.3) is 0 Å². The molecule has 0 aliphatic heterocycles. The Morgan fingerprint density at radius 3 is 0.920 bits per heavy atom. The van der Waals surface area contributed by atoms with E-state index in [1.54, 1.807) is 0 Å². The Kier molecular flexibility index (Phi) is 6.54. The van der Waals surface area contributed by atoms with E-state index in [-0.39, 0.29) is 16.1 Å². The molecule has 0 spiro atoms. The van der Waals surface area contributed by atoms with Crippen LogP contribution in [-0.4, -0.2) is 4.90 Å². The van der Waals surface area contributed by atoms with Crippen LogP contribution in [0.5, 0.6) is 0 Å². The lowest BCUT2D eigenvalue weighted by atomic mass is 10.1. The second-order valence-electron chi connectivity index (χ2n) is 5.80. The number of nitrogens with zero attached hydrogens (tertiary/aromatic N) is 1. The summed E-state index contributed by atoms with van der Waals surface area (Å²) in [7, 11) is 0. The van der Waals surface area contributed by atoms with Gasteiger partial charge in [-0.05, 0) is 16.7 Å². The van der Waals surface area contributed by atoms with E-state index >= 15 is 0 Å². The van der Waals surface area contributed by atoms with E-state index in [2.05, 4.69) is 41.3 Å². The third-order valence-corrected chi connectivity index (χ3v) is 5.83. The Labute approximate surface area is 166 Å². The molecule has 4 heteroatoms. The SMILES string of the molecule is SC(c1ccccc1)N(C(S)c1ccccc1)C(S)c1ccccc1. The van der Waals surface area contributed by atoms with Crippen LogP contribution in [0, 0.1) is 0 Å².